The molecule has 0 saturated carbocycles. The van der Waals surface area contributed by atoms with Crippen LogP contribution < -0.4 is 5.32 Å². The molecule has 1 unspecified atom stereocenters. The molecular formula is C12H22N2. The van der Waals surface area contributed by atoms with Gasteiger partial charge in [0.25, 0.3) is 0 Å². The van der Waals surface area contributed by atoms with Gasteiger partial charge in [0.05, 0.1) is 0 Å². The molecule has 0 aromatic heterocycles. The standard InChI is InChI=1S/C12H22N2/c1-2-12(7-3-4-8-13-12)11-14-9-5-6-10-14/h5-6,13H,2-4,7-11H2,1H3. The van der Waals surface area contributed by atoms with E-state index in [0.29, 0.717) is 5.54 Å². The number of nitrogens with zero attached hydrogens (tertiary/aromatic N) is 1. The second-order valence-corrected chi connectivity index (χ2v) is 4.68. The van der Waals surface area contributed by atoms with Crippen molar-refractivity contribution in [3.63, 3.8) is 0 Å². The smallest absolute Gasteiger partial charge is 0.0306 e. The van der Waals surface area contributed by atoms with Crippen LogP contribution in [0.25, 0.3) is 0 Å². The van der Waals surface area contributed by atoms with Crippen LogP contribution >= 0.6 is 0 Å². The normalized spacial score (nSPS) is 33.8. The van der Waals surface area contributed by atoms with Crippen molar-refractivity contribution in [2.75, 3.05) is 26.2 Å². The Morgan fingerprint density at radius 2 is 2.07 bits per heavy atom. The fraction of sp³-hybridized carbons (Fsp3) is 0.833. The van der Waals surface area contributed by atoms with Gasteiger partial charge in [-0.1, -0.05) is 25.5 Å². The maximum Gasteiger partial charge on any atom is 0.0306 e. The monoisotopic (exact) mass is 194 g/mol. The molecule has 1 saturated heterocycles. The van der Waals surface area contributed by atoms with Gasteiger partial charge in [0, 0.05) is 25.2 Å². The first-order valence-corrected chi connectivity index (χ1v) is 5.97. The molecule has 1 fully saturated rings. The lowest BCUT2D eigenvalue weighted by Gasteiger charge is -2.40. The van der Waals surface area contributed by atoms with Crippen molar-refractivity contribution < 1.29 is 0 Å². The molecule has 14 heavy (non-hydrogen) atoms. The van der Waals surface area contributed by atoms with Crippen molar-refractivity contribution >= 4 is 0 Å². The number of rotatable bonds is 3. The van der Waals surface area contributed by atoms with Crippen LogP contribution in [0.1, 0.15) is 32.6 Å². The van der Waals surface area contributed by atoms with Crippen molar-refractivity contribution in [2.24, 2.45) is 0 Å². The first-order chi connectivity index (χ1) is 6.85. The Morgan fingerprint density at radius 1 is 1.29 bits per heavy atom. The Balaban J connectivity index is 1.90. The van der Waals surface area contributed by atoms with E-state index in [1.54, 1.807) is 0 Å². The van der Waals surface area contributed by atoms with Gasteiger partial charge in [0.2, 0.25) is 0 Å². The van der Waals surface area contributed by atoms with E-state index < -0.39 is 0 Å². The van der Waals surface area contributed by atoms with Crippen molar-refractivity contribution in [1.82, 2.24) is 10.2 Å². The highest BCUT2D eigenvalue weighted by atomic mass is 15.2. The molecule has 2 heteroatoms. The van der Waals surface area contributed by atoms with Gasteiger partial charge >= 0.3 is 0 Å². The van der Waals surface area contributed by atoms with Gasteiger partial charge in [-0.25, -0.2) is 0 Å². The Morgan fingerprint density at radius 3 is 2.64 bits per heavy atom. The summed E-state index contributed by atoms with van der Waals surface area (Å²) < 4.78 is 0. The van der Waals surface area contributed by atoms with Crippen LogP contribution in [-0.4, -0.2) is 36.6 Å². The fourth-order valence-electron chi connectivity index (χ4n) is 2.66. The molecule has 0 aromatic rings. The predicted octanol–water partition coefficient (Wildman–Crippen LogP) is 1.78. The van der Waals surface area contributed by atoms with Crippen molar-refractivity contribution in [3.8, 4) is 0 Å². The highest BCUT2D eigenvalue weighted by Gasteiger charge is 2.31. The quantitative estimate of drug-likeness (QED) is 0.689. The average Bonchev–Trinajstić information content (AvgIpc) is 2.72. The summed E-state index contributed by atoms with van der Waals surface area (Å²) in [5, 5.41) is 3.74. The van der Waals surface area contributed by atoms with Crippen molar-refractivity contribution in [2.45, 2.75) is 38.1 Å². The van der Waals surface area contributed by atoms with E-state index >= 15 is 0 Å². The second kappa shape index (κ2) is 4.45. The van der Waals surface area contributed by atoms with Gasteiger partial charge in [-0.3, -0.25) is 4.90 Å². The van der Waals surface area contributed by atoms with E-state index in [-0.39, 0.29) is 0 Å². The Labute approximate surface area is 87.4 Å². The average molecular weight is 194 g/mol. The van der Waals surface area contributed by atoms with Crippen LogP contribution in [0.15, 0.2) is 12.2 Å². The topological polar surface area (TPSA) is 15.3 Å². The Hall–Kier alpha value is -0.340. The van der Waals surface area contributed by atoms with E-state index in [9.17, 15) is 0 Å². The minimum Gasteiger partial charge on any atom is -0.310 e. The minimum absolute atomic E-state index is 0.421. The van der Waals surface area contributed by atoms with Crippen molar-refractivity contribution in [3.05, 3.63) is 12.2 Å². The van der Waals surface area contributed by atoms with Crippen molar-refractivity contribution in [1.29, 1.82) is 0 Å². The van der Waals surface area contributed by atoms with Gasteiger partial charge in [-0.15, -0.1) is 0 Å². The molecule has 0 bridgehead atoms. The van der Waals surface area contributed by atoms with E-state index in [1.807, 2.05) is 0 Å². The SMILES string of the molecule is CCC1(CN2CC=CC2)CCCCN1. The third kappa shape index (κ3) is 2.18. The molecule has 2 heterocycles. The lowest BCUT2D eigenvalue weighted by molar-refractivity contribution is 0.169. The first-order valence-electron chi connectivity index (χ1n) is 5.97. The van der Waals surface area contributed by atoms with E-state index in [2.05, 4.69) is 29.3 Å². The minimum atomic E-state index is 0.421. The third-order valence-electron chi connectivity index (χ3n) is 3.68. The van der Waals surface area contributed by atoms with Gasteiger partial charge in [0.15, 0.2) is 0 Å². The van der Waals surface area contributed by atoms with E-state index in [0.717, 1.165) is 13.1 Å². The molecular weight excluding hydrogens is 172 g/mol. The summed E-state index contributed by atoms with van der Waals surface area (Å²) in [6, 6.07) is 0. The highest BCUT2D eigenvalue weighted by molar-refractivity contribution is 5.00. The lowest BCUT2D eigenvalue weighted by atomic mass is 9.86. The molecule has 0 spiro atoms. The molecule has 1 N–H and O–H groups in total. The molecule has 0 radical (unpaired) electrons. The van der Waals surface area contributed by atoms with Crippen LogP contribution in [0.3, 0.4) is 0 Å². The molecule has 2 nitrogen and oxygen atoms in total. The van der Waals surface area contributed by atoms with Crippen LogP contribution in [0, 0.1) is 0 Å². The van der Waals surface area contributed by atoms with Gasteiger partial charge in [-0.05, 0) is 25.8 Å². The largest absolute Gasteiger partial charge is 0.310 e. The number of hydrogen-bond donors (Lipinski definition) is 1. The molecule has 0 amide bonds. The summed E-state index contributed by atoms with van der Waals surface area (Å²) in [6.45, 7) is 7.08. The first kappa shape index (κ1) is 10.2. The highest BCUT2D eigenvalue weighted by Crippen LogP contribution is 2.24. The van der Waals surface area contributed by atoms with Crippen LogP contribution in [0.4, 0.5) is 0 Å². The number of piperidine rings is 1. The van der Waals surface area contributed by atoms with Gasteiger partial charge < -0.3 is 5.32 Å². The lowest BCUT2D eigenvalue weighted by Crippen LogP contribution is -2.55. The van der Waals surface area contributed by atoms with Crippen LogP contribution in [0.5, 0.6) is 0 Å². The third-order valence-corrected chi connectivity index (χ3v) is 3.68. The maximum absolute atomic E-state index is 3.74. The molecule has 2 aliphatic heterocycles. The maximum atomic E-state index is 3.74. The second-order valence-electron chi connectivity index (χ2n) is 4.68. The fourth-order valence-corrected chi connectivity index (χ4v) is 2.66. The zero-order valence-corrected chi connectivity index (χ0v) is 9.26. The molecule has 0 aromatic carbocycles. The Bertz CT molecular complexity index is 196. The van der Waals surface area contributed by atoms with E-state index in [1.165, 1.54) is 38.8 Å². The summed E-state index contributed by atoms with van der Waals surface area (Å²) >= 11 is 0. The summed E-state index contributed by atoms with van der Waals surface area (Å²) in [6.07, 6.45) is 9.96. The summed E-state index contributed by atoms with van der Waals surface area (Å²) in [7, 11) is 0. The van der Waals surface area contributed by atoms with Gasteiger partial charge in [0.1, 0.15) is 0 Å². The van der Waals surface area contributed by atoms with E-state index in [4.69, 9.17) is 0 Å². The van der Waals surface area contributed by atoms with Crippen LogP contribution in [-0.2, 0) is 0 Å². The van der Waals surface area contributed by atoms with Gasteiger partial charge in [-0.2, -0.15) is 0 Å². The summed E-state index contributed by atoms with van der Waals surface area (Å²) in [4.78, 5) is 2.54. The van der Waals surface area contributed by atoms with Crippen LogP contribution in [0.2, 0.25) is 0 Å². The number of hydrogen-bond acceptors (Lipinski definition) is 2. The molecule has 0 aliphatic carbocycles. The molecule has 2 rings (SSSR count). The molecule has 80 valence electrons. The molecule has 1 atom stereocenters. The summed E-state index contributed by atoms with van der Waals surface area (Å²) in [5.74, 6) is 0. The zero-order chi connectivity index (χ0) is 9.86. The predicted molar refractivity (Wildman–Crippen MR) is 60.5 cm³/mol. The molecule has 2 aliphatic rings. The number of nitrogens with one attached hydrogen (secondary N) is 1. The zero-order valence-electron chi connectivity index (χ0n) is 9.26. The Kier molecular flexibility index (Phi) is 3.24. The summed E-state index contributed by atoms with van der Waals surface area (Å²) in [5.41, 5.74) is 0.421.